The van der Waals surface area contributed by atoms with Crippen molar-refractivity contribution in [1.29, 1.82) is 0 Å². The maximum atomic E-state index is 13.3. The molecule has 0 aromatic carbocycles. The molecule has 5 heteroatoms. The Hall–Kier alpha value is -0.740. The minimum atomic E-state index is -2.55. The molecule has 1 aromatic rings. The van der Waals surface area contributed by atoms with Gasteiger partial charge in [0.1, 0.15) is 5.15 Å². The van der Waals surface area contributed by atoms with Crippen molar-refractivity contribution < 1.29 is 8.78 Å². The Kier molecular flexibility index (Phi) is 3.60. The van der Waals surface area contributed by atoms with E-state index in [-0.39, 0.29) is 18.3 Å². The number of hydrogen-bond acceptors (Lipinski definition) is 2. The summed E-state index contributed by atoms with van der Waals surface area (Å²) >= 11 is 5.89. The van der Waals surface area contributed by atoms with Crippen LogP contribution in [0.25, 0.3) is 0 Å². The van der Waals surface area contributed by atoms with Crippen molar-refractivity contribution in [3.05, 3.63) is 28.5 Å². The lowest BCUT2D eigenvalue weighted by Gasteiger charge is -2.39. The molecule has 1 fully saturated rings. The lowest BCUT2D eigenvalue weighted by Crippen LogP contribution is -2.42. The molecule has 1 aliphatic carbocycles. The zero-order chi connectivity index (χ0) is 13.4. The Morgan fingerprint density at radius 2 is 1.94 bits per heavy atom. The van der Waals surface area contributed by atoms with Crippen LogP contribution in [0.15, 0.2) is 12.3 Å². The highest BCUT2D eigenvalue weighted by molar-refractivity contribution is 6.30. The van der Waals surface area contributed by atoms with E-state index in [1.807, 2.05) is 13.0 Å². The van der Waals surface area contributed by atoms with Crippen molar-refractivity contribution in [2.24, 2.45) is 5.73 Å². The van der Waals surface area contributed by atoms with Gasteiger partial charge in [-0.15, -0.1) is 0 Å². The minimum Gasteiger partial charge on any atom is -0.330 e. The van der Waals surface area contributed by atoms with Crippen molar-refractivity contribution in [3.63, 3.8) is 0 Å². The molecule has 100 valence electrons. The van der Waals surface area contributed by atoms with Gasteiger partial charge in [0, 0.05) is 31.0 Å². The van der Waals surface area contributed by atoms with Gasteiger partial charge in [0.25, 0.3) is 0 Å². The van der Waals surface area contributed by atoms with E-state index in [0.717, 1.165) is 11.1 Å². The number of hydrogen-bond donors (Lipinski definition) is 1. The average Bonchev–Trinajstić information content (AvgIpc) is 2.34. The maximum Gasteiger partial charge on any atom is 0.248 e. The summed E-state index contributed by atoms with van der Waals surface area (Å²) in [5.41, 5.74) is 7.26. The standard InChI is InChI=1S/C13H17ClF2N2/c1-9-6-10(7-18-11(9)14)12(8-17)2-4-13(15,16)5-3-12/h6-7H,2-5,8,17H2,1H3. The predicted molar refractivity (Wildman–Crippen MR) is 68.1 cm³/mol. The molecular weight excluding hydrogens is 258 g/mol. The van der Waals surface area contributed by atoms with Crippen LogP contribution in [0, 0.1) is 6.92 Å². The molecule has 2 N–H and O–H groups in total. The van der Waals surface area contributed by atoms with Crippen molar-refractivity contribution in [3.8, 4) is 0 Å². The van der Waals surface area contributed by atoms with Gasteiger partial charge in [-0.25, -0.2) is 13.8 Å². The van der Waals surface area contributed by atoms with Gasteiger partial charge in [0.05, 0.1) is 0 Å². The molecule has 0 spiro atoms. The second-order valence-electron chi connectivity index (χ2n) is 5.17. The number of alkyl halides is 2. The van der Waals surface area contributed by atoms with Crippen LogP contribution in [0.5, 0.6) is 0 Å². The number of halogens is 3. The lowest BCUT2D eigenvalue weighted by molar-refractivity contribution is -0.0509. The Labute approximate surface area is 111 Å². The third kappa shape index (κ3) is 2.50. The first-order chi connectivity index (χ1) is 8.38. The van der Waals surface area contributed by atoms with Crippen molar-refractivity contribution in [2.75, 3.05) is 6.54 Å². The molecule has 0 saturated heterocycles. The number of aryl methyl sites for hydroxylation is 1. The van der Waals surface area contributed by atoms with E-state index in [9.17, 15) is 8.78 Å². The molecule has 18 heavy (non-hydrogen) atoms. The molecule has 0 amide bonds. The molecule has 0 bridgehead atoms. The summed E-state index contributed by atoms with van der Waals surface area (Å²) in [6.45, 7) is 2.23. The van der Waals surface area contributed by atoms with Crippen LogP contribution < -0.4 is 5.73 Å². The molecule has 2 rings (SSSR count). The SMILES string of the molecule is Cc1cc(C2(CN)CCC(F)(F)CC2)cnc1Cl. The summed E-state index contributed by atoms with van der Waals surface area (Å²) in [6, 6.07) is 1.92. The summed E-state index contributed by atoms with van der Waals surface area (Å²) in [4.78, 5) is 4.11. The number of nitrogens with two attached hydrogens (primary N) is 1. The molecule has 0 radical (unpaired) electrons. The molecule has 0 aliphatic heterocycles. The van der Waals surface area contributed by atoms with Crippen LogP contribution in [0.2, 0.25) is 5.15 Å². The van der Waals surface area contributed by atoms with Gasteiger partial charge in [-0.2, -0.15) is 0 Å². The molecule has 1 aromatic heterocycles. The first-order valence-corrected chi connectivity index (χ1v) is 6.47. The van der Waals surface area contributed by atoms with Crippen molar-refractivity contribution in [2.45, 2.75) is 43.9 Å². The molecular formula is C13H17ClF2N2. The quantitative estimate of drug-likeness (QED) is 0.839. The van der Waals surface area contributed by atoms with Gasteiger partial charge in [-0.1, -0.05) is 17.7 Å². The van der Waals surface area contributed by atoms with Gasteiger partial charge < -0.3 is 5.73 Å². The zero-order valence-electron chi connectivity index (χ0n) is 10.3. The van der Waals surface area contributed by atoms with E-state index in [2.05, 4.69) is 4.98 Å². The van der Waals surface area contributed by atoms with Crippen LogP contribution in [0.1, 0.15) is 36.8 Å². The Bertz CT molecular complexity index is 439. The summed E-state index contributed by atoms with van der Waals surface area (Å²) in [7, 11) is 0. The second kappa shape index (κ2) is 4.74. The topological polar surface area (TPSA) is 38.9 Å². The van der Waals surface area contributed by atoms with Crippen LogP contribution in [0.4, 0.5) is 8.78 Å². The highest BCUT2D eigenvalue weighted by Crippen LogP contribution is 2.45. The van der Waals surface area contributed by atoms with Crippen LogP contribution in [0.3, 0.4) is 0 Å². The van der Waals surface area contributed by atoms with Crippen molar-refractivity contribution >= 4 is 11.6 Å². The summed E-state index contributed by atoms with van der Waals surface area (Å²) in [5, 5.41) is 0.451. The van der Waals surface area contributed by atoms with E-state index in [1.165, 1.54) is 0 Å². The third-order valence-electron chi connectivity index (χ3n) is 3.96. The van der Waals surface area contributed by atoms with Crippen molar-refractivity contribution in [1.82, 2.24) is 4.98 Å². The molecule has 2 nitrogen and oxygen atoms in total. The largest absolute Gasteiger partial charge is 0.330 e. The van der Waals surface area contributed by atoms with E-state index >= 15 is 0 Å². The second-order valence-corrected chi connectivity index (χ2v) is 5.53. The monoisotopic (exact) mass is 274 g/mol. The van der Waals surface area contributed by atoms with Gasteiger partial charge >= 0.3 is 0 Å². The molecule has 1 saturated carbocycles. The van der Waals surface area contributed by atoms with E-state index in [1.54, 1.807) is 6.20 Å². The number of rotatable bonds is 2. The van der Waals surface area contributed by atoms with E-state index in [4.69, 9.17) is 17.3 Å². The van der Waals surface area contributed by atoms with E-state index < -0.39 is 5.92 Å². The summed E-state index contributed by atoms with van der Waals surface area (Å²) in [6.07, 6.45) is 2.27. The third-order valence-corrected chi connectivity index (χ3v) is 4.35. The van der Waals surface area contributed by atoms with Crippen LogP contribution in [-0.4, -0.2) is 17.5 Å². The lowest BCUT2D eigenvalue weighted by atomic mass is 9.69. The summed E-state index contributed by atoms with van der Waals surface area (Å²) < 4.78 is 26.5. The number of aromatic nitrogens is 1. The Balaban J connectivity index is 2.30. The van der Waals surface area contributed by atoms with Gasteiger partial charge in [0.15, 0.2) is 0 Å². The first-order valence-electron chi connectivity index (χ1n) is 6.09. The fourth-order valence-corrected chi connectivity index (χ4v) is 2.66. The molecule has 0 atom stereocenters. The zero-order valence-corrected chi connectivity index (χ0v) is 11.1. The number of nitrogens with zero attached hydrogens (tertiary/aromatic N) is 1. The van der Waals surface area contributed by atoms with Gasteiger partial charge in [-0.3, -0.25) is 0 Å². The minimum absolute atomic E-state index is 0.105. The molecule has 1 heterocycles. The van der Waals surface area contributed by atoms with Gasteiger partial charge in [-0.05, 0) is 30.9 Å². The fourth-order valence-electron chi connectivity index (χ4n) is 2.55. The highest BCUT2D eigenvalue weighted by Gasteiger charge is 2.43. The molecule has 1 aliphatic rings. The fraction of sp³-hybridized carbons (Fsp3) is 0.615. The first kappa shape index (κ1) is 13.7. The van der Waals surface area contributed by atoms with Crippen LogP contribution in [-0.2, 0) is 5.41 Å². The van der Waals surface area contributed by atoms with Crippen LogP contribution >= 0.6 is 11.6 Å². The normalized spacial score (nSPS) is 21.8. The maximum absolute atomic E-state index is 13.3. The average molecular weight is 275 g/mol. The Morgan fingerprint density at radius 1 is 1.33 bits per heavy atom. The summed E-state index contributed by atoms with van der Waals surface area (Å²) in [5.74, 6) is -2.55. The highest BCUT2D eigenvalue weighted by atomic mass is 35.5. The number of pyridine rings is 1. The molecule has 0 unspecified atom stereocenters. The van der Waals surface area contributed by atoms with Gasteiger partial charge in [0.2, 0.25) is 5.92 Å². The predicted octanol–water partition coefficient (Wildman–Crippen LogP) is 3.45. The van der Waals surface area contributed by atoms with E-state index in [0.29, 0.717) is 24.5 Å². The smallest absolute Gasteiger partial charge is 0.248 e. The Morgan fingerprint density at radius 3 is 2.44 bits per heavy atom.